The van der Waals surface area contributed by atoms with Gasteiger partial charge in [-0.05, 0) is 23.6 Å². The maximum Gasteiger partial charge on any atom is 0.196 e. The molecule has 4 heteroatoms. The number of benzene rings is 1. The minimum absolute atomic E-state index is 0.586. The van der Waals surface area contributed by atoms with Gasteiger partial charge in [-0.15, -0.1) is 0 Å². The summed E-state index contributed by atoms with van der Waals surface area (Å²) in [5, 5.41) is 19.1. The van der Waals surface area contributed by atoms with Crippen molar-refractivity contribution in [3.63, 3.8) is 0 Å². The number of methoxy groups -OCH3 is 1. The van der Waals surface area contributed by atoms with Gasteiger partial charge >= 0.3 is 0 Å². The van der Waals surface area contributed by atoms with Crippen LogP contribution in [0.15, 0.2) is 24.3 Å². The molecule has 76 valence electrons. The fourth-order valence-electron chi connectivity index (χ4n) is 1.48. The monoisotopic (exact) mass is 202 g/mol. The molecule has 0 aliphatic rings. The van der Waals surface area contributed by atoms with Gasteiger partial charge in [-0.3, -0.25) is 0 Å². The van der Waals surface area contributed by atoms with Crippen molar-refractivity contribution in [3.05, 3.63) is 35.5 Å². The molecule has 1 aromatic carbocycles. The van der Waals surface area contributed by atoms with E-state index in [1.54, 1.807) is 18.2 Å². The topological polar surface area (TPSA) is 69.0 Å². The van der Waals surface area contributed by atoms with Gasteiger partial charge in [-0.1, -0.05) is 6.07 Å². The van der Waals surface area contributed by atoms with Crippen molar-refractivity contribution in [3.8, 4) is 6.07 Å². The van der Waals surface area contributed by atoms with Gasteiger partial charge in [0.25, 0.3) is 0 Å². The Balaban J connectivity index is 2.52. The standard InChI is InChI=1S/C11H10N2O2/c1-15-11(14)10-5-8-3-2-7(6-12)4-9(8)13-10/h2-5,11,13-14H,1H3. The van der Waals surface area contributed by atoms with Gasteiger partial charge in [0.05, 0.1) is 17.3 Å². The van der Waals surface area contributed by atoms with Crippen molar-refractivity contribution in [2.45, 2.75) is 6.29 Å². The SMILES string of the molecule is COC(O)c1cc2ccc(C#N)cc2[nH]1. The Morgan fingerprint density at radius 1 is 1.47 bits per heavy atom. The van der Waals surface area contributed by atoms with E-state index in [0.717, 1.165) is 10.9 Å². The number of aromatic nitrogens is 1. The highest BCUT2D eigenvalue weighted by molar-refractivity contribution is 5.81. The molecule has 0 aliphatic carbocycles. The number of nitrogens with one attached hydrogen (secondary N) is 1. The average molecular weight is 202 g/mol. The van der Waals surface area contributed by atoms with Crippen LogP contribution in [0.2, 0.25) is 0 Å². The van der Waals surface area contributed by atoms with Crippen LogP contribution < -0.4 is 0 Å². The number of rotatable bonds is 2. The molecule has 0 bridgehead atoms. The van der Waals surface area contributed by atoms with Crippen LogP contribution in [0.3, 0.4) is 0 Å². The molecule has 0 fully saturated rings. The fraction of sp³-hybridized carbons (Fsp3) is 0.182. The van der Waals surface area contributed by atoms with E-state index in [4.69, 9.17) is 10.00 Å². The highest BCUT2D eigenvalue weighted by atomic mass is 16.6. The second kappa shape index (κ2) is 3.73. The molecule has 1 atom stereocenters. The first-order chi connectivity index (χ1) is 7.24. The number of aliphatic hydroxyl groups is 1. The zero-order valence-electron chi connectivity index (χ0n) is 8.19. The number of hydrogen-bond acceptors (Lipinski definition) is 3. The Hall–Kier alpha value is -1.83. The summed E-state index contributed by atoms with van der Waals surface area (Å²) in [5.74, 6) is 0. The number of aliphatic hydroxyl groups excluding tert-OH is 1. The van der Waals surface area contributed by atoms with E-state index in [1.165, 1.54) is 7.11 Å². The fourth-order valence-corrected chi connectivity index (χ4v) is 1.48. The zero-order valence-corrected chi connectivity index (χ0v) is 8.19. The normalized spacial score (nSPS) is 12.6. The summed E-state index contributed by atoms with van der Waals surface area (Å²) in [6, 6.07) is 9.16. The van der Waals surface area contributed by atoms with Crippen LogP contribution in [-0.2, 0) is 4.74 Å². The molecule has 2 rings (SSSR count). The molecule has 0 radical (unpaired) electrons. The molecule has 0 amide bonds. The molecular weight excluding hydrogens is 192 g/mol. The summed E-state index contributed by atoms with van der Waals surface area (Å²) in [6.07, 6.45) is -0.956. The summed E-state index contributed by atoms with van der Waals surface area (Å²) < 4.78 is 4.78. The maximum absolute atomic E-state index is 9.44. The Morgan fingerprint density at radius 3 is 2.93 bits per heavy atom. The first-order valence-corrected chi connectivity index (χ1v) is 4.48. The lowest BCUT2D eigenvalue weighted by molar-refractivity contribution is -0.0794. The van der Waals surface area contributed by atoms with Gasteiger partial charge in [-0.25, -0.2) is 0 Å². The second-order valence-electron chi connectivity index (χ2n) is 3.23. The third-order valence-corrected chi connectivity index (χ3v) is 2.26. The second-order valence-corrected chi connectivity index (χ2v) is 3.23. The lowest BCUT2D eigenvalue weighted by Gasteiger charge is -2.03. The van der Waals surface area contributed by atoms with Crippen LogP contribution in [0.25, 0.3) is 10.9 Å². The van der Waals surface area contributed by atoms with Gasteiger partial charge < -0.3 is 14.8 Å². The lowest BCUT2D eigenvalue weighted by Crippen LogP contribution is -1.98. The maximum atomic E-state index is 9.44. The molecule has 0 saturated carbocycles. The minimum Gasteiger partial charge on any atom is -0.363 e. The van der Waals surface area contributed by atoms with E-state index in [1.807, 2.05) is 6.07 Å². The van der Waals surface area contributed by atoms with Crippen LogP contribution in [0, 0.1) is 11.3 Å². The van der Waals surface area contributed by atoms with Crippen molar-refractivity contribution in [1.82, 2.24) is 4.98 Å². The van der Waals surface area contributed by atoms with E-state index < -0.39 is 6.29 Å². The molecule has 0 spiro atoms. The smallest absolute Gasteiger partial charge is 0.196 e. The third-order valence-electron chi connectivity index (χ3n) is 2.26. The third kappa shape index (κ3) is 1.71. The van der Waals surface area contributed by atoms with Gasteiger partial charge in [-0.2, -0.15) is 5.26 Å². The van der Waals surface area contributed by atoms with Gasteiger partial charge in [0.15, 0.2) is 6.29 Å². The molecular formula is C11H10N2O2. The molecule has 15 heavy (non-hydrogen) atoms. The number of fused-ring (bicyclic) bond motifs is 1. The number of ether oxygens (including phenoxy) is 1. The minimum atomic E-state index is -0.956. The van der Waals surface area contributed by atoms with Crippen LogP contribution in [0.1, 0.15) is 17.5 Å². The summed E-state index contributed by atoms with van der Waals surface area (Å²) >= 11 is 0. The Labute approximate surface area is 86.7 Å². The van der Waals surface area contributed by atoms with E-state index in [2.05, 4.69) is 11.1 Å². The van der Waals surface area contributed by atoms with E-state index >= 15 is 0 Å². The summed E-state index contributed by atoms with van der Waals surface area (Å²) in [6.45, 7) is 0. The summed E-state index contributed by atoms with van der Waals surface area (Å²) in [7, 11) is 1.43. The average Bonchev–Trinajstić information content (AvgIpc) is 2.70. The molecule has 1 unspecified atom stereocenters. The molecule has 2 N–H and O–H groups in total. The van der Waals surface area contributed by atoms with Gasteiger partial charge in [0.2, 0.25) is 0 Å². The summed E-state index contributed by atoms with van der Waals surface area (Å²) in [5.41, 5.74) is 1.99. The van der Waals surface area contributed by atoms with Crippen LogP contribution in [0.5, 0.6) is 0 Å². The number of nitrogens with zero attached hydrogens (tertiary/aromatic N) is 1. The van der Waals surface area contributed by atoms with Crippen molar-refractivity contribution in [1.29, 1.82) is 5.26 Å². The van der Waals surface area contributed by atoms with Crippen molar-refractivity contribution < 1.29 is 9.84 Å². The van der Waals surface area contributed by atoms with Crippen LogP contribution in [0.4, 0.5) is 0 Å². The first-order valence-electron chi connectivity index (χ1n) is 4.48. The lowest BCUT2D eigenvalue weighted by atomic mass is 10.2. The van der Waals surface area contributed by atoms with Crippen molar-refractivity contribution >= 4 is 10.9 Å². The molecule has 1 heterocycles. The largest absolute Gasteiger partial charge is 0.363 e. The highest BCUT2D eigenvalue weighted by Crippen LogP contribution is 2.21. The van der Waals surface area contributed by atoms with Crippen molar-refractivity contribution in [2.24, 2.45) is 0 Å². The quantitative estimate of drug-likeness (QED) is 0.728. The highest BCUT2D eigenvalue weighted by Gasteiger charge is 2.09. The predicted octanol–water partition coefficient (Wildman–Crippen LogP) is 1.68. The zero-order chi connectivity index (χ0) is 10.8. The number of aromatic amines is 1. The molecule has 1 aromatic heterocycles. The first kappa shape index (κ1) is 9.71. The van der Waals surface area contributed by atoms with E-state index in [-0.39, 0.29) is 0 Å². The summed E-state index contributed by atoms with van der Waals surface area (Å²) in [4.78, 5) is 2.99. The molecule has 0 aliphatic heterocycles. The Bertz CT molecular complexity index is 525. The molecule has 4 nitrogen and oxygen atoms in total. The van der Waals surface area contributed by atoms with E-state index in [0.29, 0.717) is 11.3 Å². The van der Waals surface area contributed by atoms with Crippen molar-refractivity contribution in [2.75, 3.05) is 7.11 Å². The number of hydrogen-bond donors (Lipinski definition) is 2. The van der Waals surface area contributed by atoms with Crippen LogP contribution in [-0.4, -0.2) is 17.2 Å². The Morgan fingerprint density at radius 2 is 2.27 bits per heavy atom. The Kier molecular flexibility index (Phi) is 2.42. The molecule has 0 saturated heterocycles. The number of nitriles is 1. The van der Waals surface area contributed by atoms with Crippen LogP contribution >= 0.6 is 0 Å². The molecule has 2 aromatic rings. The van der Waals surface area contributed by atoms with Gasteiger partial charge in [0, 0.05) is 12.6 Å². The van der Waals surface area contributed by atoms with Gasteiger partial charge in [0.1, 0.15) is 0 Å². The number of H-pyrrole nitrogens is 1. The predicted molar refractivity (Wildman–Crippen MR) is 55.0 cm³/mol. The van der Waals surface area contributed by atoms with E-state index in [9.17, 15) is 5.11 Å².